The number of esters is 1. The zero-order valence-corrected chi connectivity index (χ0v) is 13.2. The highest BCUT2D eigenvalue weighted by Gasteiger charge is 2.20. The molecule has 120 valence electrons. The zero-order valence-electron chi connectivity index (χ0n) is 13.2. The van der Waals surface area contributed by atoms with E-state index in [0.29, 0.717) is 16.9 Å². The van der Waals surface area contributed by atoms with Gasteiger partial charge in [-0.05, 0) is 56.0 Å². The Balaban J connectivity index is 1.68. The molecule has 0 saturated carbocycles. The summed E-state index contributed by atoms with van der Waals surface area (Å²) in [6.07, 6.45) is 4.10. The first-order valence-corrected chi connectivity index (χ1v) is 7.85. The van der Waals surface area contributed by atoms with Gasteiger partial charge < -0.3 is 9.15 Å². The Hall–Kier alpha value is -2.95. The van der Waals surface area contributed by atoms with E-state index in [1.807, 2.05) is 13.0 Å². The van der Waals surface area contributed by atoms with Crippen molar-refractivity contribution in [3.05, 3.63) is 69.3 Å². The number of hydrogen-bond donors (Lipinski definition) is 0. The van der Waals surface area contributed by atoms with Crippen LogP contribution >= 0.6 is 0 Å². The SMILES string of the molecule is Cc1ccc(C(=O)Oc2ccc3c4c(c(=O)oc3c2)CCC4)cn1. The molecule has 5 heteroatoms. The molecule has 5 nitrogen and oxygen atoms in total. The summed E-state index contributed by atoms with van der Waals surface area (Å²) in [5.74, 6) is -0.153. The standard InChI is InChI=1S/C19H15NO4/c1-11-5-6-12(10-20-11)18(21)23-13-7-8-15-14-3-2-4-16(14)19(22)24-17(15)9-13/h5-10H,2-4H2,1H3. The highest BCUT2D eigenvalue weighted by atomic mass is 16.5. The number of nitrogens with zero attached hydrogens (tertiary/aromatic N) is 1. The van der Waals surface area contributed by atoms with Crippen LogP contribution in [0.15, 0.2) is 45.7 Å². The summed E-state index contributed by atoms with van der Waals surface area (Å²) in [6, 6.07) is 8.58. The zero-order chi connectivity index (χ0) is 16.7. The lowest BCUT2D eigenvalue weighted by Crippen LogP contribution is -2.10. The quantitative estimate of drug-likeness (QED) is 0.412. The van der Waals surface area contributed by atoms with Crippen molar-refractivity contribution in [3.8, 4) is 5.75 Å². The minimum Gasteiger partial charge on any atom is -0.423 e. The molecule has 0 amide bonds. The van der Waals surface area contributed by atoms with E-state index in [1.54, 1.807) is 24.3 Å². The maximum atomic E-state index is 12.2. The second-order valence-corrected chi connectivity index (χ2v) is 5.94. The molecule has 2 heterocycles. The van der Waals surface area contributed by atoms with Crippen molar-refractivity contribution in [2.45, 2.75) is 26.2 Å². The molecule has 0 atom stereocenters. The van der Waals surface area contributed by atoms with Gasteiger partial charge in [-0.3, -0.25) is 4.98 Å². The topological polar surface area (TPSA) is 69.4 Å². The molecule has 24 heavy (non-hydrogen) atoms. The average molecular weight is 321 g/mol. The predicted molar refractivity (Wildman–Crippen MR) is 88.4 cm³/mol. The number of carbonyl (C=O) groups is 1. The lowest BCUT2D eigenvalue weighted by atomic mass is 10.1. The Morgan fingerprint density at radius 1 is 1.17 bits per heavy atom. The van der Waals surface area contributed by atoms with Crippen LogP contribution in [0.3, 0.4) is 0 Å². The van der Waals surface area contributed by atoms with Gasteiger partial charge in [0.2, 0.25) is 0 Å². The van der Waals surface area contributed by atoms with Crippen LogP contribution in [0, 0.1) is 6.92 Å². The van der Waals surface area contributed by atoms with Crippen LogP contribution in [0.2, 0.25) is 0 Å². The van der Waals surface area contributed by atoms with Crippen LogP contribution in [0.5, 0.6) is 5.75 Å². The lowest BCUT2D eigenvalue weighted by Gasteiger charge is -2.07. The second-order valence-electron chi connectivity index (χ2n) is 5.94. The van der Waals surface area contributed by atoms with E-state index in [9.17, 15) is 9.59 Å². The molecule has 0 radical (unpaired) electrons. The van der Waals surface area contributed by atoms with Gasteiger partial charge in [0.1, 0.15) is 11.3 Å². The number of aryl methyl sites for hydroxylation is 2. The second kappa shape index (κ2) is 5.60. The minimum absolute atomic E-state index is 0.291. The fraction of sp³-hybridized carbons (Fsp3) is 0.211. The highest BCUT2D eigenvalue weighted by molar-refractivity contribution is 5.91. The van der Waals surface area contributed by atoms with Crippen LogP contribution < -0.4 is 10.4 Å². The van der Waals surface area contributed by atoms with Gasteiger partial charge in [0, 0.05) is 28.9 Å². The monoisotopic (exact) mass is 321 g/mol. The first kappa shape index (κ1) is 14.6. The van der Waals surface area contributed by atoms with E-state index in [1.165, 1.54) is 6.20 Å². The number of ether oxygens (including phenoxy) is 1. The summed E-state index contributed by atoms with van der Waals surface area (Å²) < 4.78 is 10.8. The van der Waals surface area contributed by atoms with Crippen molar-refractivity contribution in [3.63, 3.8) is 0 Å². The normalized spacial score (nSPS) is 13.0. The third-order valence-electron chi connectivity index (χ3n) is 4.30. The van der Waals surface area contributed by atoms with Crippen molar-refractivity contribution in [1.82, 2.24) is 4.98 Å². The molecule has 0 fully saturated rings. The van der Waals surface area contributed by atoms with Crippen molar-refractivity contribution in [2.24, 2.45) is 0 Å². The first-order chi connectivity index (χ1) is 11.6. The van der Waals surface area contributed by atoms with Crippen LogP contribution in [0.25, 0.3) is 11.0 Å². The number of pyridine rings is 1. The third-order valence-corrected chi connectivity index (χ3v) is 4.30. The predicted octanol–water partition coefficient (Wildman–Crippen LogP) is 3.20. The van der Waals surface area contributed by atoms with Gasteiger partial charge in [0.05, 0.1) is 5.56 Å². The molecule has 4 rings (SSSR count). The van der Waals surface area contributed by atoms with E-state index in [4.69, 9.17) is 9.15 Å². The van der Waals surface area contributed by atoms with Crippen molar-refractivity contribution in [2.75, 3.05) is 0 Å². The van der Waals surface area contributed by atoms with Gasteiger partial charge in [-0.2, -0.15) is 0 Å². The van der Waals surface area contributed by atoms with Crippen LogP contribution in [-0.4, -0.2) is 11.0 Å². The molecule has 0 saturated heterocycles. The number of fused-ring (bicyclic) bond motifs is 3. The van der Waals surface area contributed by atoms with E-state index < -0.39 is 5.97 Å². The van der Waals surface area contributed by atoms with E-state index in [-0.39, 0.29) is 5.63 Å². The number of carbonyl (C=O) groups excluding carboxylic acids is 1. The Morgan fingerprint density at radius 3 is 2.79 bits per heavy atom. The molecule has 0 spiro atoms. The number of benzene rings is 1. The molecule has 3 aromatic rings. The summed E-state index contributed by atoms with van der Waals surface area (Å²) in [6.45, 7) is 1.85. The Bertz CT molecular complexity index is 1000. The maximum absolute atomic E-state index is 12.2. The maximum Gasteiger partial charge on any atom is 0.345 e. The van der Waals surface area contributed by atoms with Crippen molar-refractivity contribution >= 4 is 16.9 Å². The van der Waals surface area contributed by atoms with Gasteiger partial charge in [0.25, 0.3) is 0 Å². The molecule has 0 aliphatic heterocycles. The minimum atomic E-state index is -0.495. The van der Waals surface area contributed by atoms with Gasteiger partial charge in [-0.1, -0.05) is 0 Å². The molecular weight excluding hydrogens is 306 g/mol. The van der Waals surface area contributed by atoms with E-state index in [0.717, 1.165) is 41.5 Å². The Morgan fingerprint density at radius 2 is 2.00 bits per heavy atom. The molecule has 0 unspecified atom stereocenters. The van der Waals surface area contributed by atoms with Crippen LogP contribution in [0.1, 0.15) is 33.6 Å². The number of aromatic nitrogens is 1. The Kier molecular flexibility index (Phi) is 3.41. The van der Waals surface area contributed by atoms with Gasteiger partial charge in [0.15, 0.2) is 0 Å². The Labute approximate surface area is 137 Å². The molecule has 0 bridgehead atoms. The number of hydrogen-bond acceptors (Lipinski definition) is 5. The molecule has 2 aromatic heterocycles. The summed E-state index contributed by atoms with van der Waals surface area (Å²) >= 11 is 0. The fourth-order valence-electron chi connectivity index (χ4n) is 3.08. The summed E-state index contributed by atoms with van der Waals surface area (Å²) in [5.41, 5.74) is 3.19. The molecule has 1 aromatic carbocycles. The molecule has 1 aliphatic carbocycles. The van der Waals surface area contributed by atoms with Gasteiger partial charge in [-0.25, -0.2) is 9.59 Å². The summed E-state index contributed by atoms with van der Waals surface area (Å²) in [7, 11) is 0. The fourth-order valence-corrected chi connectivity index (χ4v) is 3.08. The lowest BCUT2D eigenvalue weighted by molar-refractivity contribution is 0.0734. The van der Waals surface area contributed by atoms with Crippen molar-refractivity contribution in [1.29, 1.82) is 0 Å². The molecule has 1 aliphatic rings. The molecule has 0 N–H and O–H groups in total. The van der Waals surface area contributed by atoms with Crippen LogP contribution in [0.4, 0.5) is 0 Å². The average Bonchev–Trinajstić information content (AvgIpc) is 3.06. The summed E-state index contributed by atoms with van der Waals surface area (Å²) in [4.78, 5) is 28.3. The van der Waals surface area contributed by atoms with Crippen molar-refractivity contribution < 1.29 is 13.9 Å². The third kappa shape index (κ3) is 2.48. The smallest absolute Gasteiger partial charge is 0.345 e. The largest absolute Gasteiger partial charge is 0.423 e. The highest BCUT2D eigenvalue weighted by Crippen LogP contribution is 2.29. The van der Waals surface area contributed by atoms with Crippen LogP contribution in [-0.2, 0) is 12.8 Å². The van der Waals surface area contributed by atoms with Gasteiger partial charge in [-0.15, -0.1) is 0 Å². The van der Waals surface area contributed by atoms with E-state index >= 15 is 0 Å². The van der Waals surface area contributed by atoms with E-state index in [2.05, 4.69) is 4.98 Å². The first-order valence-electron chi connectivity index (χ1n) is 7.85. The molecular formula is C19H15NO4. The number of rotatable bonds is 2. The van der Waals surface area contributed by atoms with Gasteiger partial charge >= 0.3 is 11.6 Å². The summed E-state index contributed by atoms with van der Waals surface area (Å²) in [5, 5.41) is 0.916.